The molecule has 40 heavy (non-hydrogen) atoms. The molecule has 10 heteroatoms. The van der Waals surface area contributed by atoms with Crippen molar-refractivity contribution in [3.63, 3.8) is 0 Å². The van der Waals surface area contributed by atoms with E-state index in [1.807, 2.05) is 0 Å². The largest absolute Gasteiger partial charge is 0.347 e. The van der Waals surface area contributed by atoms with Gasteiger partial charge in [0, 0.05) is 30.4 Å². The number of ketones is 1. The van der Waals surface area contributed by atoms with Crippen molar-refractivity contribution in [1.29, 1.82) is 0 Å². The quantitative estimate of drug-likeness (QED) is 0.298. The van der Waals surface area contributed by atoms with Gasteiger partial charge in [-0.05, 0) is 55.5 Å². The minimum Gasteiger partial charge on any atom is -0.347 e. The monoisotopic (exact) mass is 549 g/mol. The standard InChI is InChI=1S/C30H39N5O5/c1-19(2)25(26(36)30(40)33-23-12-8-5-9-13-23)35-27(37)20(3)32-29(39)24(18-21-14-16-31-17-15-21)34-28(38)22-10-6-4-7-11-22/h4,6-7,10-11,14-17,19-20,23-25H,5,8-9,12-13,18H2,1-3H3,(H,32,39)(H,33,40)(H,34,38)(H,35,37). The molecule has 0 bridgehead atoms. The molecule has 0 saturated heterocycles. The van der Waals surface area contributed by atoms with Crippen LogP contribution in [0.2, 0.25) is 0 Å². The average molecular weight is 550 g/mol. The third-order valence-corrected chi connectivity index (χ3v) is 7.01. The molecule has 1 aromatic carbocycles. The number of nitrogens with one attached hydrogen (secondary N) is 4. The fraction of sp³-hybridized carbons (Fsp3) is 0.467. The third kappa shape index (κ3) is 9.00. The number of nitrogens with zero attached hydrogens (tertiary/aromatic N) is 1. The van der Waals surface area contributed by atoms with Crippen LogP contribution in [-0.2, 0) is 25.6 Å². The molecule has 1 saturated carbocycles. The summed E-state index contributed by atoms with van der Waals surface area (Å²) in [6.45, 7) is 4.97. The van der Waals surface area contributed by atoms with Crippen LogP contribution in [0.5, 0.6) is 0 Å². The van der Waals surface area contributed by atoms with Crippen LogP contribution in [0.25, 0.3) is 0 Å². The highest BCUT2D eigenvalue weighted by Crippen LogP contribution is 2.17. The maximum atomic E-state index is 13.3. The lowest BCUT2D eigenvalue weighted by Gasteiger charge is -2.26. The highest BCUT2D eigenvalue weighted by Gasteiger charge is 2.33. The summed E-state index contributed by atoms with van der Waals surface area (Å²) < 4.78 is 0. The molecule has 1 heterocycles. The number of hydrogen-bond donors (Lipinski definition) is 4. The summed E-state index contributed by atoms with van der Waals surface area (Å²) in [5.41, 5.74) is 1.17. The Hall–Kier alpha value is -4.08. The minimum absolute atomic E-state index is 0.0321. The number of aromatic nitrogens is 1. The first-order valence-electron chi connectivity index (χ1n) is 13.9. The molecule has 0 radical (unpaired) electrons. The zero-order chi connectivity index (χ0) is 29.1. The molecule has 214 valence electrons. The summed E-state index contributed by atoms with van der Waals surface area (Å²) >= 11 is 0. The number of hydrogen-bond acceptors (Lipinski definition) is 6. The molecule has 10 nitrogen and oxygen atoms in total. The van der Waals surface area contributed by atoms with Gasteiger partial charge in [0.25, 0.3) is 11.8 Å². The Labute approximate surface area is 235 Å². The van der Waals surface area contributed by atoms with Crippen LogP contribution in [0.1, 0.15) is 68.8 Å². The van der Waals surface area contributed by atoms with E-state index in [2.05, 4.69) is 26.3 Å². The normalized spacial score (nSPS) is 15.8. The average Bonchev–Trinajstić information content (AvgIpc) is 2.96. The molecule has 1 aliphatic rings. The number of Topliss-reactive ketones (excluding diaryl/α,β-unsaturated/α-hetero) is 1. The van der Waals surface area contributed by atoms with E-state index in [1.165, 1.54) is 6.92 Å². The molecule has 3 unspecified atom stereocenters. The summed E-state index contributed by atoms with van der Waals surface area (Å²) in [6.07, 6.45) is 8.16. The zero-order valence-corrected chi connectivity index (χ0v) is 23.3. The number of benzene rings is 1. The summed E-state index contributed by atoms with van der Waals surface area (Å²) in [5, 5.41) is 10.8. The fourth-order valence-corrected chi connectivity index (χ4v) is 4.63. The molecule has 4 N–H and O–H groups in total. The smallest absolute Gasteiger partial charge is 0.289 e. The first-order valence-corrected chi connectivity index (χ1v) is 13.9. The number of amides is 4. The first kappa shape index (κ1) is 30.5. The number of carbonyl (C=O) groups is 5. The molecule has 3 rings (SSSR count). The van der Waals surface area contributed by atoms with Crippen molar-refractivity contribution >= 4 is 29.4 Å². The Morgan fingerprint density at radius 1 is 0.825 bits per heavy atom. The molecule has 1 aliphatic carbocycles. The van der Waals surface area contributed by atoms with Crippen LogP contribution in [0.3, 0.4) is 0 Å². The Balaban J connectivity index is 1.64. The van der Waals surface area contributed by atoms with E-state index in [1.54, 1.807) is 68.7 Å². The van der Waals surface area contributed by atoms with E-state index >= 15 is 0 Å². The summed E-state index contributed by atoms with van der Waals surface area (Å²) in [5.74, 6) is -3.36. The van der Waals surface area contributed by atoms with Gasteiger partial charge in [0.2, 0.25) is 17.6 Å². The van der Waals surface area contributed by atoms with E-state index < -0.39 is 47.5 Å². The van der Waals surface area contributed by atoms with Gasteiger partial charge >= 0.3 is 0 Å². The van der Waals surface area contributed by atoms with Gasteiger partial charge in [-0.25, -0.2) is 0 Å². The molecular weight excluding hydrogens is 510 g/mol. The van der Waals surface area contributed by atoms with Crippen LogP contribution in [0, 0.1) is 5.92 Å². The lowest BCUT2D eigenvalue weighted by molar-refractivity contribution is -0.141. The van der Waals surface area contributed by atoms with Crippen molar-refractivity contribution in [2.75, 3.05) is 0 Å². The second-order valence-corrected chi connectivity index (χ2v) is 10.6. The Kier molecular flexibility index (Phi) is 11.4. The number of carbonyl (C=O) groups excluding carboxylic acids is 5. The van der Waals surface area contributed by atoms with Gasteiger partial charge in [0.1, 0.15) is 12.1 Å². The Morgan fingerprint density at radius 3 is 2.10 bits per heavy atom. The van der Waals surface area contributed by atoms with Gasteiger partial charge in [0.15, 0.2) is 0 Å². The van der Waals surface area contributed by atoms with E-state index in [-0.39, 0.29) is 18.4 Å². The second kappa shape index (κ2) is 14.9. The van der Waals surface area contributed by atoms with Crippen LogP contribution >= 0.6 is 0 Å². The van der Waals surface area contributed by atoms with Gasteiger partial charge in [-0.1, -0.05) is 51.3 Å². The molecule has 0 aliphatic heterocycles. The van der Waals surface area contributed by atoms with Crippen molar-refractivity contribution < 1.29 is 24.0 Å². The van der Waals surface area contributed by atoms with Gasteiger partial charge in [-0.3, -0.25) is 29.0 Å². The van der Waals surface area contributed by atoms with Crippen LogP contribution in [-0.4, -0.2) is 58.6 Å². The molecule has 4 amide bonds. The predicted octanol–water partition coefficient (Wildman–Crippen LogP) is 2.09. The molecule has 0 spiro atoms. The van der Waals surface area contributed by atoms with Crippen molar-refractivity contribution in [3.05, 3.63) is 66.0 Å². The van der Waals surface area contributed by atoms with Gasteiger partial charge < -0.3 is 21.3 Å². The van der Waals surface area contributed by atoms with Crippen LogP contribution in [0.4, 0.5) is 0 Å². The zero-order valence-electron chi connectivity index (χ0n) is 23.3. The van der Waals surface area contributed by atoms with E-state index in [4.69, 9.17) is 0 Å². The lowest BCUT2D eigenvalue weighted by atomic mass is 9.94. The number of rotatable bonds is 12. The molecule has 1 fully saturated rings. The minimum atomic E-state index is -1.04. The maximum absolute atomic E-state index is 13.3. The van der Waals surface area contributed by atoms with Crippen molar-refractivity contribution in [1.82, 2.24) is 26.3 Å². The van der Waals surface area contributed by atoms with Gasteiger partial charge in [0.05, 0.1) is 6.04 Å². The van der Waals surface area contributed by atoms with Crippen molar-refractivity contribution in [3.8, 4) is 0 Å². The second-order valence-electron chi connectivity index (χ2n) is 10.6. The number of pyridine rings is 1. The topological polar surface area (TPSA) is 146 Å². The fourth-order valence-electron chi connectivity index (χ4n) is 4.63. The van der Waals surface area contributed by atoms with E-state index in [0.29, 0.717) is 5.56 Å². The lowest BCUT2D eigenvalue weighted by Crippen LogP contribution is -2.57. The van der Waals surface area contributed by atoms with E-state index in [0.717, 1.165) is 37.7 Å². The van der Waals surface area contributed by atoms with E-state index in [9.17, 15) is 24.0 Å². The van der Waals surface area contributed by atoms with Gasteiger partial charge in [-0.15, -0.1) is 0 Å². The summed E-state index contributed by atoms with van der Waals surface area (Å²) in [4.78, 5) is 68.7. The van der Waals surface area contributed by atoms with Crippen molar-refractivity contribution in [2.45, 2.75) is 83.5 Å². The Bertz CT molecular complexity index is 1170. The summed E-state index contributed by atoms with van der Waals surface area (Å²) in [7, 11) is 0. The first-order chi connectivity index (χ1) is 19.2. The predicted molar refractivity (Wildman–Crippen MR) is 150 cm³/mol. The maximum Gasteiger partial charge on any atom is 0.289 e. The molecule has 3 atom stereocenters. The van der Waals surface area contributed by atoms with Crippen LogP contribution in [0.15, 0.2) is 54.9 Å². The van der Waals surface area contributed by atoms with Crippen LogP contribution < -0.4 is 21.3 Å². The third-order valence-electron chi connectivity index (χ3n) is 7.01. The van der Waals surface area contributed by atoms with Gasteiger partial charge in [-0.2, -0.15) is 0 Å². The molecule has 2 aromatic rings. The molecule has 1 aromatic heterocycles. The highest BCUT2D eigenvalue weighted by molar-refractivity contribution is 6.38. The molecular formula is C30H39N5O5. The SMILES string of the molecule is CC(NC(=O)C(Cc1ccncc1)NC(=O)c1ccccc1)C(=O)NC(C(=O)C(=O)NC1CCCCC1)C(C)C. The highest BCUT2D eigenvalue weighted by atomic mass is 16.2. The van der Waals surface area contributed by atoms with Crippen molar-refractivity contribution in [2.24, 2.45) is 5.92 Å². The summed E-state index contributed by atoms with van der Waals surface area (Å²) in [6, 6.07) is 8.90. The Morgan fingerprint density at radius 2 is 1.48 bits per heavy atom.